The first kappa shape index (κ1) is 15.4. The standard InChI is InChI=1S/C15H26N4S/c1-4-7-13-14(16-6-3)17-11-18-15(13)19-8-9-20-12(5-2)10-19/h11-12H,4-10H2,1-3H3,(H,16,17,18). The van der Waals surface area contributed by atoms with Gasteiger partial charge in [-0.2, -0.15) is 11.8 Å². The zero-order valence-corrected chi connectivity index (χ0v) is 13.7. The van der Waals surface area contributed by atoms with Crippen LogP contribution in [-0.2, 0) is 6.42 Å². The summed E-state index contributed by atoms with van der Waals surface area (Å²) in [4.78, 5) is 11.5. The fourth-order valence-electron chi connectivity index (χ4n) is 2.63. The van der Waals surface area contributed by atoms with Gasteiger partial charge in [0.1, 0.15) is 18.0 Å². The largest absolute Gasteiger partial charge is 0.370 e. The van der Waals surface area contributed by atoms with Crippen LogP contribution in [0.4, 0.5) is 11.6 Å². The Morgan fingerprint density at radius 1 is 1.35 bits per heavy atom. The first-order valence-corrected chi connectivity index (χ1v) is 8.79. The SMILES string of the molecule is CCCc1c(NCC)ncnc1N1CCSC(CC)C1. The van der Waals surface area contributed by atoms with E-state index in [9.17, 15) is 0 Å². The summed E-state index contributed by atoms with van der Waals surface area (Å²) in [5.41, 5.74) is 1.29. The third-order valence-corrected chi connectivity index (χ3v) is 5.03. The molecule has 1 atom stereocenters. The van der Waals surface area contributed by atoms with Crippen molar-refractivity contribution in [3.63, 3.8) is 0 Å². The van der Waals surface area contributed by atoms with Crippen LogP contribution in [0.5, 0.6) is 0 Å². The van der Waals surface area contributed by atoms with E-state index in [1.165, 1.54) is 17.7 Å². The number of nitrogens with zero attached hydrogens (tertiary/aromatic N) is 3. The highest BCUT2D eigenvalue weighted by Gasteiger charge is 2.23. The second kappa shape index (κ2) is 7.72. The summed E-state index contributed by atoms with van der Waals surface area (Å²) in [5.74, 6) is 3.37. The van der Waals surface area contributed by atoms with E-state index in [2.05, 4.69) is 52.7 Å². The molecule has 4 nitrogen and oxygen atoms in total. The van der Waals surface area contributed by atoms with Crippen molar-refractivity contribution >= 4 is 23.4 Å². The molecule has 0 aliphatic carbocycles. The first-order valence-electron chi connectivity index (χ1n) is 7.74. The number of rotatable bonds is 6. The number of hydrogen-bond donors (Lipinski definition) is 1. The maximum atomic E-state index is 4.60. The van der Waals surface area contributed by atoms with Gasteiger partial charge in [-0.05, 0) is 19.8 Å². The molecule has 0 bridgehead atoms. The van der Waals surface area contributed by atoms with Crippen LogP contribution in [0.25, 0.3) is 0 Å². The molecule has 0 saturated carbocycles. The topological polar surface area (TPSA) is 41.1 Å². The molecule has 2 heterocycles. The molecule has 1 aliphatic rings. The van der Waals surface area contributed by atoms with Crippen molar-refractivity contribution in [2.75, 3.05) is 35.6 Å². The van der Waals surface area contributed by atoms with Crippen LogP contribution in [0.3, 0.4) is 0 Å². The van der Waals surface area contributed by atoms with Gasteiger partial charge in [0.05, 0.1) is 0 Å². The second-order valence-corrected chi connectivity index (χ2v) is 6.56. The lowest BCUT2D eigenvalue weighted by atomic mass is 10.1. The Kier molecular flexibility index (Phi) is 5.95. The summed E-state index contributed by atoms with van der Waals surface area (Å²) in [6.07, 6.45) is 5.10. The van der Waals surface area contributed by atoms with E-state index in [0.29, 0.717) is 0 Å². The van der Waals surface area contributed by atoms with Crippen molar-refractivity contribution in [1.82, 2.24) is 9.97 Å². The lowest BCUT2D eigenvalue weighted by molar-refractivity contribution is 0.712. The van der Waals surface area contributed by atoms with Gasteiger partial charge in [0.15, 0.2) is 0 Å². The van der Waals surface area contributed by atoms with E-state index in [4.69, 9.17) is 0 Å². The van der Waals surface area contributed by atoms with Gasteiger partial charge in [-0.25, -0.2) is 9.97 Å². The van der Waals surface area contributed by atoms with Crippen LogP contribution in [-0.4, -0.2) is 40.6 Å². The smallest absolute Gasteiger partial charge is 0.137 e. The molecule has 2 rings (SSSR count). The Labute approximate surface area is 126 Å². The van der Waals surface area contributed by atoms with Crippen LogP contribution in [0.2, 0.25) is 0 Å². The molecule has 1 fully saturated rings. The third kappa shape index (κ3) is 3.57. The van der Waals surface area contributed by atoms with E-state index in [0.717, 1.165) is 49.4 Å². The Morgan fingerprint density at radius 3 is 2.90 bits per heavy atom. The summed E-state index contributed by atoms with van der Waals surface area (Å²) < 4.78 is 0. The Morgan fingerprint density at radius 2 is 2.20 bits per heavy atom. The van der Waals surface area contributed by atoms with Gasteiger partial charge in [0, 0.05) is 36.2 Å². The quantitative estimate of drug-likeness (QED) is 0.872. The summed E-state index contributed by atoms with van der Waals surface area (Å²) in [6.45, 7) is 9.72. The molecule has 20 heavy (non-hydrogen) atoms. The lowest BCUT2D eigenvalue weighted by Crippen LogP contribution is -2.38. The molecule has 1 N–H and O–H groups in total. The van der Waals surface area contributed by atoms with Crippen molar-refractivity contribution in [1.29, 1.82) is 0 Å². The highest BCUT2D eigenvalue weighted by Crippen LogP contribution is 2.29. The molecule has 1 aliphatic heterocycles. The Hall–Kier alpha value is -0.970. The van der Waals surface area contributed by atoms with Gasteiger partial charge in [0.2, 0.25) is 0 Å². The summed E-state index contributed by atoms with van der Waals surface area (Å²) in [5, 5.41) is 4.11. The number of nitrogens with one attached hydrogen (secondary N) is 1. The van der Waals surface area contributed by atoms with E-state index in [1.54, 1.807) is 6.33 Å². The fraction of sp³-hybridized carbons (Fsp3) is 0.733. The van der Waals surface area contributed by atoms with Gasteiger partial charge in [-0.15, -0.1) is 0 Å². The van der Waals surface area contributed by atoms with Crippen LogP contribution in [0.1, 0.15) is 39.2 Å². The Bertz CT molecular complexity index is 424. The van der Waals surface area contributed by atoms with Crippen molar-refractivity contribution in [3.05, 3.63) is 11.9 Å². The Balaban J connectivity index is 2.26. The third-order valence-electron chi connectivity index (χ3n) is 3.66. The average Bonchev–Trinajstić information content (AvgIpc) is 2.49. The van der Waals surface area contributed by atoms with Crippen LogP contribution < -0.4 is 10.2 Å². The normalized spacial score (nSPS) is 19.1. The molecule has 0 radical (unpaired) electrons. The summed E-state index contributed by atoms with van der Waals surface area (Å²) in [7, 11) is 0. The number of thioether (sulfide) groups is 1. The van der Waals surface area contributed by atoms with Crippen molar-refractivity contribution in [2.45, 2.75) is 45.3 Å². The minimum absolute atomic E-state index is 0.732. The van der Waals surface area contributed by atoms with Crippen molar-refractivity contribution in [2.24, 2.45) is 0 Å². The van der Waals surface area contributed by atoms with Crippen molar-refractivity contribution < 1.29 is 0 Å². The highest BCUT2D eigenvalue weighted by atomic mass is 32.2. The monoisotopic (exact) mass is 294 g/mol. The zero-order chi connectivity index (χ0) is 14.4. The molecule has 0 aromatic carbocycles. The molecule has 1 unspecified atom stereocenters. The summed E-state index contributed by atoms with van der Waals surface area (Å²) >= 11 is 2.09. The molecule has 1 aromatic heterocycles. The minimum atomic E-state index is 0.732. The highest BCUT2D eigenvalue weighted by molar-refractivity contribution is 8.00. The van der Waals surface area contributed by atoms with Gasteiger partial charge in [-0.1, -0.05) is 20.3 Å². The van der Waals surface area contributed by atoms with Gasteiger partial charge >= 0.3 is 0 Å². The second-order valence-electron chi connectivity index (χ2n) is 5.15. The lowest BCUT2D eigenvalue weighted by Gasteiger charge is -2.34. The first-order chi connectivity index (χ1) is 9.80. The number of anilines is 2. The molecular formula is C15H26N4S. The maximum absolute atomic E-state index is 4.60. The van der Waals surface area contributed by atoms with Crippen molar-refractivity contribution in [3.8, 4) is 0 Å². The molecule has 112 valence electrons. The number of aromatic nitrogens is 2. The van der Waals surface area contributed by atoms with E-state index < -0.39 is 0 Å². The van der Waals surface area contributed by atoms with Gasteiger partial charge in [0.25, 0.3) is 0 Å². The number of hydrogen-bond acceptors (Lipinski definition) is 5. The minimum Gasteiger partial charge on any atom is -0.370 e. The molecule has 1 saturated heterocycles. The predicted molar refractivity (Wildman–Crippen MR) is 88.9 cm³/mol. The van der Waals surface area contributed by atoms with E-state index in [1.807, 2.05) is 0 Å². The average molecular weight is 294 g/mol. The molecule has 0 amide bonds. The molecule has 5 heteroatoms. The van der Waals surface area contributed by atoms with E-state index >= 15 is 0 Å². The zero-order valence-electron chi connectivity index (χ0n) is 12.9. The molecule has 1 aromatic rings. The molecular weight excluding hydrogens is 268 g/mol. The van der Waals surface area contributed by atoms with Crippen LogP contribution >= 0.6 is 11.8 Å². The van der Waals surface area contributed by atoms with Crippen LogP contribution in [0, 0.1) is 0 Å². The predicted octanol–water partition coefficient (Wildman–Crippen LogP) is 3.19. The maximum Gasteiger partial charge on any atom is 0.137 e. The van der Waals surface area contributed by atoms with Gasteiger partial charge in [-0.3, -0.25) is 0 Å². The summed E-state index contributed by atoms with van der Waals surface area (Å²) in [6, 6.07) is 0. The fourth-order valence-corrected chi connectivity index (χ4v) is 3.81. The van der Waals surface area contributed by atoms with E-state index in [-0.39, 0.29) is 0 Å². The molecule has 0 spiro atoms. The van der Waals surface area contributed by atoms with Gasteiger partial charge < -0.3 is 10.2 Å². The van der Waals surface area contributed by atoms with Crippen LogP contribution in [0.15, 0.2) is 6.33 Å².